The Morgan fingerprint density at radius 1 is 1.24 bits per heavy atom. The SMILES string of the molecule is CCCNc1ccc(NS(=O)(=O)c2ccc3c(c2)CC(=O)N3C)nc1. The topological polar surface area (TPSA) is 91.4 Å². The van der Waals surface area contributed by atoms with E-state index < -0.39 is 10.0 Å². The zero-order valence-corrected chi connectivity index (χ0v) is 14.9. The molecule has 1 aromatic carbocycles. The lowest BCUT2D eigenvalue weighted by Gasteiger charge is -2.12. The van der Waals surface area contributed by atoms with Crippen molar-refractivity contribution in [3.8, 4) is 0 Å². The van der Waals surface area contributed by atoms with Crippen molar-refractivity contribution < 1.29 is 13.2 Å². The molecule has 0 bridgehead atoms. The van der Waals surface area contributed by atoms with Gasteiger partial charge in [0.25, 0.3) is 10.0 Å². The summed E-state index contributed by atoms with van der Waals surface area (Å²) < 4.78 is 27.6. The molecule has 8 heteroatoms. The molecule has 0 atom stereocenters. The van der Waals surface area contributed by atoms with Gasteiger partial charge in [-0.05, 0) is 42.3 Å². The van der Waals surface area contributed by atoms with Gasteiger partial charge in [0.2, 0.25) is 5.91 Å². The van der Waals surface area contributed by atoms with Crippen molar-refractivity contribution in [3.63, 3.8) is 0 Å². The van der Waals surface area contributed by atoms with Gasteiger partial charge >= 0.3 is 0 Å². The van der Waals surface area contributed by atoms with Crippen molar-refractivity contribution in [3.05, 3.63) is 42.1 Å². The number of hydrogen-bond donors (Lipinski definition) is 2. The quantitative estimate of drug-likeness (QED) is 0.824. The number of rotatable bonds is 6. The third-order valence-electron chi connectivity index (χ3n) is 4.02. The summed E-state index contributed by atoms with van der Waals surface area (Å²) in [4.78, 5) is 17.5. The molecule has 2 aromatic rings. The number of carbonyl (C=O) groups excluding carboxylic acids is 1. The van der Waals surface area contributed by atoms with Crippen LogP contribution < -0.4 is 14.9 Å². The number of fused-ring (bicyclic) bond motifs is 1. The lowest BCUT2D eigenvalue weighted by atomic mass is 10.2. The lowest BCUT2D eigenvalue weighted by molar-refractivity contribution is -0.117. The molecule has 1 aliphatic rings. The maximum Gasteiger partial charge on any atom is 0.263 e. The van der Waals surface area contributed by atoms with Gasteiger partial charge in [-0.15, -0.1) is 0 Å². The van der Waals surface area contributed by atoms with Crippen LogP contribution in [0.1, 0.15) is 18.9 Å². The smallest absolute Gasteiger partial charge is 0.263 e. The molecule has 1 aliphatic heterocycles. The van der Waals surface area contributed by atoms with E-state index in [1.54, 1.807) is 31.4 Å². The molecule has 132 valence electrons. The summed E-state index contributed by atoms with van der Waals surface area (Å²) in [6.07, 6.45) is 2.79. The van der Waals surface area contributed by atoms with Gasteiger partial charge in [-0.3, -0.25) is 9.52 Å². The highest BCUT2D eigenvalue weighted by atomic mass is 32.2. The minimum atomic E-state index is -3.76. The van der Waals surface area contributed by atoms with Gasteiger partial charge in [0.05, 0.1) is 23.2 Å². The number of amides is 1. The number of hydrogen-bond acceptors (Lipinski definition) is 5. The number of anilines is 3. The van der Waals surface area contributed by atoms with E-state index in [4.69, 9.17) is 0 Å². The molecule has 1 amide bonds. The van der Waals surface area contributed by atoms with Crippen molar-refractivity contribution in [1.29, 1.82) is 0 Å². The minimum absolute atomic E-state index is 0.0469. The van der Waals surface area contributed by atoms with Crippen LogP contribution in [-0.2, 0) is 21.2 Å². The Labute approximate surface area is 147 Å². The molecule has 25 heavy (non-hydrogen) atoms. The molecular formula is C17H20N4O3S. The minimum Gasteiger partial charge on any atom is -0.384 e. The predicted octanol–water partition coefficient (Wildman–Crippen LogP) is 2.22. The van der Waals surface area contributed by atoms with Crippen LogP contribution in [0.3, 0.4) is 0 Å². The molecule has 0 radical (unpaired) electrons. The van der Waals surface area contributed by atoms with Crippen molar-refractivity contribution in [1.82, 2.24) is 4.98 Å². The average molecular weight is 360 g/mol. The average Bonchev–Trinajstić information content (AvgIpc) is 2.88. The standard InChI is InChI=1S/C17H20N4O3S/c1-3-8-18-13-4-7-16(19-11-13)20-25(23,24)14-5-6-15-12(9-14)10-17(22)21(15)2/h4-7,9,11,18H,3,8,10H2,1-2H3,(H,19,20). The van der Waals surface area contributed by atoms with Gasteiger partial charge in [-0.1, -0.05) is 6.92 Å². The summed E-state index contributed by atoms with van der Waals surface area (Å²) in [7, 11) is -2.08. The van der Waals surface area contributed by atoms with Gasteiger partial charge in [-0.25, -0.2) is 13.4 Å². The van der Waals surface area contributed by atoms with Gasteiger partial charge < -0.3 is 10.2 Å². The Bertz CT molecular complexity index is 895. The van der Waals surface area contributed by atoms with E-state index in [9.17, 15) is 13.2 Å². The lowest BCUT2D eigenvalue weighted by Crippen LogP contribution is -2.20. The van der Waals surface area contributed by atoms with E-state index >= 15 is 0 Å². The normalized spacial score (nSPS) is 13.7. The monoisotopic (exact) mass is 360 g/mol. The van der Waals surface area contributed by atoms with Crippen LogP contribution in [0.15, 0.2) is 41.4 Å². The third kappa shape index (κ3) is 3.58. The maximum absolute atomic E-state index is 12.6. The second-order valence-corrected chi connectivity index (χ2v) is 7.57. The zero-order chi connectivity index (χ0) is 18.0. The van der Waals surface area contributed by atoms with E-state index in [1.807, 2.05) is 0 Å². The van der Waals surface area contributed by atoms with Crippen LogP contribution >= 0.6 is 0 Å². The summed E-state index contributed by atoms with van der Waals surface area (Å²) >= 11 is 0. The molecular weight excluding hydrogens is 340 g/mol. The van der Waals surface area contributed by atoms with Crippen molar-refractivity contribution in [2.75, 3.05) is 28.5 Å². The first kappa shape index (κ1) is 17.2. The Morgan fingerprint density at radius 2 is 2.04 bits per heavy atom. The largest absolute Gasteiger partial charge is 0.384 e. The molecule has 2 N–H and O–H groups in total. The van der Waals surface area contributed by atoms with Gasteiger partial charge in [-0.2, -0.15) is 0 Å². The number of aromatic nitrogens is 1. The number of nitrogens with zero attached hydrogens (tertiary/aromatic N) is 2. The second kappa shape index (κ2) is 6.72. The van der Waals surface area contributed by atoms with Crippen LogP contribution in [-0.4, -0.2) is 32.9 Å². The molecule has 7 nitrogen and oxygen atoms in total. The van der Waals surface area contributed by atoms with E-state index in [-0.39, 0.29) is 23.0 Å². The molecule has 0 spiro atoms. The van der Waals surface area contributed by atoms with E-state index in [1.165, 1.54) is 17.0 Å². The predicted molar refractivity (Wildman–Crippen MR) is 97.4 cm³/mol. The van der Waals surface area contributed by atoms with E-state index in [0.717, 1.165) is 24.3 Å². The van der Waals surface area contributed by atoms with Gasteiger partial charge in [0, 0.05) is 19.3 Å². The highest BCUT2D eigenvalue weighted by molar-refractivity contribution is 7.92. The zero-order valence-electron chi connectivity index (χ0n) is 14.1. The summed E-state index contributed by atoms with van der Waals surface area (Å²) in [6, 6.07) is 8.07. The number of nitrogens with one attached hydrogen (secondary N) is 2. The van der Waals surface area contributed by atoms with E-state index in [0.29, 0.717) is 5.56 Å². The molecule has 0 aliphatic carbocycles. The van der Waals surface area contributed by atoms with Crippen LogP contribution in [0.25, 0.3) is 0 Å². The molecule has 0 saturated heterocycles. The summed E-state index contributed by atoms with van der Waals surface area (Å²) in [5, 5.41) is 3.18. The van der Waals surface area contributed by atoms with Crippen LogP contribution in [0, 0.1) is 0 Å². The van der Waals surface area contributed by atoms with E-state index in [2.05, 4.69) is 21.9 Å². The number of benzene rings is 1. The first-order valence-corrected chi connectivity index (χ1v) is 9.51. The highest BCUT2D eigenvalue weighted by Gasteiger charge is 2.26. The van der Waals surface area contributed by atoms with Crippen molar-refractivity contribution >= 4 is 33.1 Å². The second-order valence-electron chi connectivity index (χ2n) is 5.88. The molecule has 1 aromatic heterocycles. The summed E-state index contributed by atoms with van der Waals surface area (Å²) in [6.45, 7) is 2.89. The fraction of sp³-hybridized carbons (Fsp3) is 0.294. The molecule has 0 unspecified atom stereocenters. The number of pyridine rings is 1. The highest BCUT2D eigenvalue weighted by Crippen LogP contribution is 2.30. The summed E-state index contributed by atoms with van der Waals surface area (Å²) in [5.41, 5.74) is 2.29. The number of carbonyl (C=O) groups is 1. The molecule has 3 rings (SSSR count). The Hall–Kier alpha value is -2.61. The van der Waals surface area contributed by atoms with Gasteiger partial charge in [0.1, 0.15) is 5.82 Å². The molecule has 0 fully saturated rings. The Kier molecular flexibility index (Phi) is 4.63. The fourth-order valence-electron chi connectivity index (χ4n) is 2.64. The molecule has 2 heterocycles. The van der Waals surface area contributed by atoms with Crippen molar-refractivity contribution in [2.24, 2.45) is 0 Å². The van der Waals surface area contributed by atoms with Crippen LogP contribution in [0.4, 0.5) is 17.2 Å². The molecule has 0 saturated carbocycles. The Balaban J connectivity index is 1.78. The fourth-order valence-corrected chi connectivity index (χ4v) is 3.70. The van der Waals surface area contributed by atoms with Crippen LogP contribution in [0.5, 0.6) is 0 Å². The number of likely N-dealkylation sites (N-methyl/N-ethyl adjacent to an activating group) is 1. The third-order valence-corrected chi connectivity index (χ3v) is 5.37. The first-order chi connectivity index (χ1) is 11.9. The van der Waals surface area contributed by atoms with Gasteiger partial charge in [0.15, 0.2) is 0 Å². The first-order valence-electron chi connectivity index (χ1n) is 8.03. The Morgan fingerprint density at radius 3 is 2.72 bits per heavy atom. The maximum atomic E-state index is 12.6. The van der Waals surface area contributed by atoms with Crippen LogP contribution in [0.2, 0.25) is 0 Å². The number of sulfonamides is 1. The van der Waals surface area contributed by atoms with Crippen molar-refractivity contribution in [2.45, 2.75) is 24.7 Å². The summed E-state index contributed by atoms with van der Waals surface area (Å²) in [5.74, 6) is 0.199.